The van der Waals surface area contributed by atoms with Crippen LogP contribution in [0.3, 0.4) is 0 Å². The second-order valence-electron chi connectivity index (χ2n) is 4.44. The maximum atomic E-state index is 13.3. The fraction of sp³-hybridized carbons (Fsp3) is 0.385. The Morgan fingerprint density at radius 2 is 2.22 bits per heavy atom. The molecule has 1 aliphatic rings. The molecule has 0 aromatic heterocycles. The van der Waals surface area contributed by atoms with Crippen LogP contribution in [0.2, 0.25) is 0 Å². The van der Waals surface area contributed by atoms with Crippen LogP contribution in [0.15, 0.2) is 18.2 Å². The van der Waals surface area contributed by atoms with Crippen LogP contribution in [0.1, 0.15) is 30.4 Å². The van der Waals surface area contributed by atoms with Gasteiger partial charge in [-0.3, -0.25) is 4.79 Å². The zero-order chi connectivity index (χ0) is 13.1. The molecule has 0 atom stereocenters. The standard InChI is InChI=1S/C13H15FN2OS/c14-10-4-5-11(13(15)18)9(7-10)8-16-6-2-1-3-12(16)17/h4-5,7H,1-3,6,8H2,(H2,15,18). The van der Waals surface area contributed by atoms with Gasteiger partial charge in [0.15, 0.2) is 0 Å². The van der Waals surface area contributed by atoms with Crippen LogP contribution in [0.4, 0.5) is 4.39 Å². The highest BCUT2D eigenvalue weighted by atomic mass is 32.1. The molecule has 5 heteroatoms. The van der Waals surface area contributed by atoms with Crippen LogP contribution in [0.5, 0.6) is 0 Å². The number of amides is 1. The Morgan fingerprint density at radius 1 is 1.44 bits per heavy atom. The average Bonchev–Trinajstić information content (AvgIpc) is 2.32. The van der Waals surface area contributed by atoms with Gasteiger partial charge < -0.3 is 10.6 Å². The van der Waals surface area contributed by atoms with Crippen LogP contribution in [-0.4, -0.2) is 22.3 Å². The van der Waals surface area contributed by atoms with Crippen molar-refractivity contribution in [3.05, 3.63) is 35.1 Å². The van der Waals surface area contributed by atoms with Crippen molar-refractivity contribution in [1.82, 2.24) is 4.90 Å². The number of rotatable bonds is 3. The lowest BCUT2D eigenvalue weighted by Crippen LogP contribution is -2.35. The molecule has 18 heavy (non-hydrogen) atoms. The van der Waals surface area contributed by atoms with Gasteiger partial charge in [0.25, 0.3) is 0 Å². The molecular formula is C13H15FN2OS. The first-order valence-electron chi connectivity index (χ1n) is 5.94. The van der Waals surface area contributed by atoms with E-state index in [0.717, 1.165) is 12.8 Å². The Bertz CT molecular complexity index is 490. The Balaban J connectivity index is 2.24. The molecule has 0 saturated carbocycles. The van der Waals surface area contributed by atoms with E-state index in [0.29, 0.717) is 30.6 Å². The van der Waals surface area contributed by atoms with Gasteiger partial charge in [0, 0.05) is 25.1 Å². The molecule has 0 unspecified atom stereocenters. The summed E-state index contributed by atoms with van der Waals surface area (Å²) in [5.74, 6) is -0.228. The normalized spacial score (nSPS) is 15.8. The van der Waals surface area contributed by atoms with Gasteiger partial charge in [-0.1, -0.05) is 12.2 Å². The summed E-state index contributed by atoms with van der Waals surface area (Å²) in [6, 6.07) is 4.30. The topological polar surface area (TPSA) is 46.3 Å². The molecular weight excluding hydrogens is 251 g/mol. The number of nitrogens with two attached hydrogens (primary N) is 1. The Hall–Kier alpha value is -1.49. The van der Waals surface area contributed by atoms with Crippen molar-refractivity contribution in [2.45, 2.75) is 25.8 Å². The van der Waals surface area contributed by atoms with Gasteiger partial charge >= 0.3 is 0 Å². The van der Waals surface area contributed by atoms with E-state index in [-0.39, 0.29) is 16.7 Å². The lowest BCUT2D eigenvalue weighted by Gasteiger charge is -2.27. The third-order valence-corrected chi connectivity index (χ3v) is 3.34. The lowest BCUT2D eigenvalue weighted by atomic mass is 10.0. The Morgan fingerprint density at radius 3 is 2.89 bits per heavy atom. The molecule has 2 rings (SSSR count). The molecule has 1 heterocycles. The highest BCUT2D eigenvalue weighted by Crippen LogP contribution is 2.18. The van der Waals surface area contributed by atoms with Gasteiger partial charge in [0.1, 0.15) is 10.8 Å². The van der Waals surface area contributed by atoms with Gasteiger partial charge in [0.05, 0.1) is 0 Å². The van der Waals surface area contributed by atoms with E-state index in [4.69, 9.17) is 18.0 Å². The van der Waals surface area contributed by atoms with E-state index in [1.807, 2.05) is 0 Å². The average molecular weight is 266 g/mol. The number of halogens is 1. The highest BCUT2D eigenvalue weighted by Gasteiger charge is 2.19. The van der Waals surface area contributed by atoms with Crippen molar-refractivity contribution in [3.8, 4) is 0 Å². The number of carbonyl (C=O) groups is 1. The van der Waals surface area contributed by atoms with Gasteiger partial charge in [-0.15, -0.1) is 0 Å². The largest absolute Gasteiger partial charge is 0.389 e. The SMILES string of the molecule is NC(=S)c1ccc(F)cc1CN1CCCCC1=O. The maximum absolute atomic E-state index is 13.3. The first kappa shape index (κ1) is 13.0. The maximum Gasteiger partial charge on any atom is 0.222 e. The second kappa shape index (κ2) is 5.44. The summed E-state index contributed by atoms with van der Waals surface area (Å²) in [6.07, 6.45) is 2.49. The van der Waals surface area contributed by atoms with Crippen LogP contribution in [0, 0.1) is 5.82 Å². The van der Waals surface area contributed by atoms with E-state index < -0.39 is 0 Å². The summed E-state index contributed by atoms with van der Waals surface area (Å²) < 4.78 is 13.3. The summed E-state index contributed by atoms with van der Waals surface area (Å²) >= 11 is 4.94. The van der Waals surface area contributed by atoms with Gasteiger partial charge in [0.2, 0.25) is 5.91 Å². The minimum absolute atomic E-state index is 0.111. The predicted octanol–water partition coefficient (Wildman–Crippen LogP) is 1.97. The van der Waals surface area contributed by atoms with E-state index in [2.05, 4.69) is 0 Å². The molecule has 1 aromatic rings. The first-order chi connectivity index (χ1) is 8.58. The number of hydrogen-bond donors (Lipinski definition) is 1. The van der Waals surface area contributed by atoms with Gasteiger partial charge in [-0.2, -0.15) is 0 Å². The smallest absolute Gasteiger partial charge is 0.222 e. The molecule has 1 amide bonds. The van der Waals surface area contributed by atoms with Gasteiger partial charge in [-0.05, 0) is 36.6 Å². The number of likely N-dealkylation sites (tertiary alicyclic amines) is 1. The molecule has 1 saturated heterocycles. The van der Waals surface area contributed by atoms with Crippen LogP contribution < -0.4 is 5.73 Å². The molecule has 1 aromatic carbocycles. The number of benzene rings is 1. The fourth-order valence-corrected chi connectivity index (χ4v) is 2.37. The number of thiocarbonyl (C=S) groups is 1. The number of carbonyl (C=O) groups excluding carboxylic acids is 1. The van der Waals surface area contributed by atoms with Crippen molar-refractivity contribution in [2.24, 2.45) is 5.73 Å². The zero-order valence-electron chi connectivity index (χ0n) is 9.99. The highest BCUT2D eigenvalue weighted by molar-refractivity contribution is 7.80. The molecule has 2 N–H and O–H groups in total. The van der Waals surface area contributed by atoms with Crippen molar-refractivity contribution in [2.75, 3.05) is 6.54 Å². The van der Waals surface area contributed by atoms with E-state index in [1.165, 1.54) is 12.1 Å². The second-order valence-corrected chi connectivity index (χ2v) is 4.88. The number of hydrogen-bond acceptors (Lipinski definition) is 2. The fourth-order valence-electron chi connectivity index (χ4n) is 2.17. The van der Waals surface area contributed by atoms with E-state index in [9.17, 15) is 9.18 Å². The lowest BCUT2D eigenvalue weighted by molar-refractivity contribution is -0.133. The van der Waals surface area contributed by atoms with Crippen molar-refractivity contribution >= 4 is 23.1 Å². The van der Waals surface area contributed by atoms with Crippen molar-refractivity contribution in [3.63, 3.8) is 0 Å². The molecule has 1 aliphatic heterocycles. The Kier molecular flexibility index (Phi) is 3.91. The quantitative estimate of drug-likeness (QED) is 0.851. The molecule has 3 nitrogen and oxygen atoms in total. The summed E-state index contributed by atoms with van der Waals surface area (Å²) in [4.78, 5) is 13.7. The monoisotopic (exact) mass is 266 g/mol. The van der Waals surface area contributed by atoms with Crippen molar-refractivity contribution in [1.29, 1.82) is 0 Å². The van der Waals surface area contributed by atoms with Crippen molar-refractivity contribution < 1.29 is 9.18 Å². The summed E-state index contributed by atoms with van der Waals surface area (Å²) in [5, 5.41) is 0. The molecule has 0 radical (unpaired) electrons. The van der Waals surface area contributed by atoms with Crippen LogP contribution >= 0.6 is 12.2 Å². The molecule has 96 valence electrons. The molecule has 0 spiro atoms. The molecule has 1 fully saturated rings. The number of nitrogens with zero attached hydrogens (tertiary/aromatic N) is 1. The predicted molar refractivity (Wildman–Crippen MR) is 71.6 cm³/mol. The summed E-state index contributed by atoms with van der Waals surface area (Å²) in [5.41, 5.74) is 6.93. The summed E-state index contributed by atoms with van der Waals surface area (Å²) in [6.45, 7) is 1.09. The third kappa shape index (κ3) is 2.85. The minimum atomic E-state index is -0.338. The molecule has 0 aliphatic carbocycles. The molecule has 0 bridgehead atoms. The van der Waals surface area contributed by atoms with E-state index >= 15 is 0 Å². The van der Waals surface area contributed by atoms with Crippen LogP contribution in [0.25, 0.3) is 0 Å². The summed E-state index contributed by atoms with van der Waals surface area (Å²) in [7, 11) is 0. The third-order valence-electron chi connectivity index (χ3n) is 3.12. The van der Waals surface area contributed by atoms with E-state index in [1.54, 1.807) is 11.0 Å². The zero-order valence-corrected chi connectivity index (χ0v) is 10.8. The first-order valence-corrected chi connectivity index (χ1v) is 6.35. The van der Waals surface area contributed by atoms with Crippen LogP contribution in [-0.2, 0) is 11.3 Å². The number of piperidine rings is 1. The minimum Gasteiger partial charge on any atom is -0.389 e. The van der Waals surface area contributed by atoms with Gasteiger partial charge in [-0.25, -0.2) is 4.39 Å². The Labute approximate surface area is 111 Å².